The molecule has 2 rings (SSSR count). The SMILES string of the molecule is CCCCCCCc1cc(O)nc2ccccc12. The van der Waals surface area contributed by atoms with E-state index >= 15 is 0 Å². The average molecular weight is 243 g/mol. The molecule has 2 aromatic rings. The third-order valence-corrected chi connectivity index (χ3v) is 3.34. The Morgan fingerprint density at radius 3 is 2.67 bits per heavy atom. The maximum Gasteiger partial charge on any atom is 0.211 e. The van der Waals surface area contributed by atoms with Crippen LogP contribution in [0.3, 0.4) is 0 Å². The quantitative estimate of drug-likeness (QED) is 0.760. The number of hydrogen-bond donors (Lipinski definition) is 1. The number of aromatic hydroxyl groups is 1. The maximum absolute atomic E-state index is 9.64. The van der Waals surface area contributed by atoms with Crippen molar-refractivity contribution in [1.82, 2.24) is 4.98 Å². The fourth-order valence-corrected chi connectivity index (χ4v) is 2.36. The summed E-state index contributed by atoms with van der Waals surface area (Å²) in [5.41, 5.74) is 2.11. The summed E-state index contributed by atoms with van der Waals surface area (Å²) in [6, 6.07) is 9.84. The number of benzene rings is 1. The van der Waals surface area contributed by atoms with Crippen molar-refractivity contribution < 1.29 is 5.11 Å². The molecule has 0 saturated carbocycles. The van der Waals surface area contributed by atoms with E-state index in [1.165, 1.54) is 43.1 Å². The van der Waals surface area contributed by atoms with Crippen molar-refractivity contribution in [3.05, 3.63) is 35.9 Å². The van der Waals surface area contributed by atoms with Gasteiger partial charge < -0.3 is 5.11 Å². The zero-order valence-electron chi connectivity index (χ0n) is 11.0. The lowest BCUT2D eigenvalue weighted by atomic mass is 10.0. The molecule has 0 saturated heterocycles. The molecular formula is C16H21NO. The summed E-state index contributed by atoms with van der Waals surface area (Å²) in [6.07, 6.45) is 7.39. The van der Waals surface area contributed by atoms with Gasteiger partial charge in [-0.2, -0.15) is 0 Å². The van der Waals surface area contributed by atoms with Gasteiger partial charge in [-0.15, -0.1) is 0 Å². The molecule has 0 aliphatic rings. The minimum absolute atomic E-state index is 0.136. The Hall–Kier alpha value is -1.57. The number of aryl methyl sites for hydroxylation is 1. The molecule has 0 atom stereocenters. The van der Waals surface area contributed by atoms with E-state index in [2.05, 4.69) is 18.0 Å². The summed E-state index contributed by atoms with van der Waals surface area (Å²) in [5.74, 6) is 0.136. The Bertz CT molecular complexity index is 507. The van der Waals surface area contributed by atoms with E-state index in [1.807, 2.05) is 24.3 Å². The third kappa shape index (κ3) is 3.22. The molecule has 1 aromatic carbocycles. The van der Waals surface area contributed by atoms with E-state index in [1.54, 1.807) is 0 Å². The standard InChI is InChI=1S/C16H21NO/c1-2-3-4-5-6-9-13-12-16(18)17-15-11-8-7-10-14(13)15/h7-8,10-12H,2-6,9H2,1H3,(H,17,18). The predicted molar refractivity (Wildman–Crippen MR) is 75.9 cm³/mol. The van der Waals surface area contributed by atoms with Gasteiger partial charge in [-0.3, -0.25) is 0 Å². The van der Waals surface area contributed by atoms with Gasteiger partial charge >= 0.3 is 0 Å². The Labute approximate surface area is 109 Å². The van der Waals surface area contributed by atoms with Gasteiger partial charge in [0, 0.05) is 11.5 Å². The van der Waals surface area contributed by atoms with Crippen LogP contribution in [0.1, 0.15) is 44.6 Å². The van der Waals surface area contributed by atoms with Gasteiger partial charge in [0.25, 0.3) is 0 Å². The highest BCUT2D eigenvalue weighted by Crippen LogP contribution is 2.23. The lowest BCUT2D eigenvalue weighted by molar-refractivity contribution is 0.455. The average Bonchev–Trinajstić information content (AvgIpc) is 2.38. The molecule has 2 nitrogen and oxygen atoms in total. The second-order valence-electron chi connectivity index (χ2n) is 4.82. The van der Waals surface area contributed by atoms with E-state index in [-0.39, 0.29) is 5.88 Å². The third-order valence-electron chi connectivity index (χ3n) is 3.34. The molecule has 0 fully saturated rings. The number of para-hydroxylation sites is 1. The zero-order chi connectivity index (χ0) is 12.8. The van der Waals surface area contributed by atoms with Crippen molar-refractivity contribution >= 4 is 10.9 Å². The molecule has 96 valence electrons. The Balaban J connectivity index is 2.07. The predicted octanol–water partition coefficient (Wildman–Crippen LogP) is 4.45. The second kappa shape index (κ2) is 6.39. The minimum Gasteiger partial charge on any atom is -0.493 e. The van der Waals surface area contributed by atoms with Crippen LogP contribution in [-0.2, 0) is 6.42 Å². The molecule has 0 bridgehead atoms. The number of nitrogens with zero attached hydrogens (tertiary/aromatic N) is 1. The summed E-state index contributed by atoms with van der Waals surface area (Å²) in [7, 11) is 0. The largest absolute Gasteiger partial charge is 0.493 e. The van der Waals surface area contributed by atoms with Crippen LogP contribution in [0, 0.1) is 0 Å². The van der Waals surface area contributed by atoms with Crippen LogP contribution in [0.5, 0.6) is 5.88 Å². The van der Waals surface area contributed by atoms with Gasteiger partial charge in [-0.25, -0.2) is 4.98 Å². The van der Waals surface area contributed by atoms with Crippen molar-refractivity contribution in [1.29, 1.82) is 0 Å². The molecule has 1 N–H and O–H groups in total. The van der Waals surface area contributed by atoms with Crippen LogP contribution >= 0.6 is 0 Å². The summed E-state index contributed by atoms with van der Waals surface area (Å²) in [4.78, 5) is 4.15. The molecule has 0 radical (unpaired) electrons. The molecule has 0 amide bonds. The van der Waals surface area contributed by atoms with Gasteiger partial charge in [0.05, 0.1) is 5.52 Å². The van der Waals surface area contributed by atoms with E-state index in [0.29, 0.717) is 0 Å². The van der Waals surface area contributed by atoms with Gasteiger partial charge in [0.1, 0.15) is 0 Å². The number of pyridine rings is 1. The fourth-order valence-electron chi connectivity index (χ4n) is 2.36. The highest BCUT2D eigenvalue weighted by molar-refractivity contribution is 5.82. The maximum atomic E-state index is 9.64. The number of unbranched alkanes of at least 4 members (excludes halogenated alkanes) is 4. The monoisotopic (exact) mass is 243 g/mol. The van der Waals surface area contributed by atoms with Crippen molar-refractivity contribution in [2.45, 2.75) is 45.4 Å². The first kappa shape index (κ1) is 12.9. The molecule has 18 heavy (non-hydrogen) atoms. The summed E-state index contributed by atoms with van der Waals surface area (Å²) in [6.45, 7) is 2.23. The fraction of sp³-hybridized carbons (Fsp3) is 0.438. The van der Waals surface area contributed by atoms with Crippen LogP contribution in [0.4, 0.5) is 0 Å². The van der Waals surface area contributed by atoms with Crippen molar-refractivity contribution in [3.8, 4) is 5.88 Å². The Morgan fingerprint density at radius 2 is 1.83 bits per heavy atom. The van der Waals surface area contributed by atoms with Crippen LogP contribution in [0.2, 0.25) is 0 Å². The highest BCUT2D eigenvalue weighted by Gasteiger charge is 2.04. The molecule has 1 heterocycles. The Kier molecular flexibility index (Phi) is 4.57. The van der Waals surface area contributed by atoms with Crippen molar-refractivity contribution in [2.24, 2.45) is 0 Å². The van der Waals surface area contributed by atoms with Crippen LogP contribution in [0.15, 0.2) is 30.3 Å². The summed E-state index contributed by atoms with van der Waals surface area (Å²) in [5, 5.41) is 10.8. The molecular weight excluding hydrogens is 222 g/mol. The molecule has 1 aromatic heterocycles. The zero-order valence-corrected chi connectivity index (χ0v) is 11.0. The van der Waals surface area contributed by atoms with E-state index < -0.39 is 0 Å². The summed E-state index contributed by atoms with van der Waals surface area (Å²) < 4.78 is 0. The minimum atomic E-state index is 0.136. The molecule has 0 aliphatic carbocycles. The normalized spacial score (nSPS) is 10.9. The van der Waals surface area contributed by atoms with E-state index in [9.17, 15) is 5.11 Å². The number of fused-ring (bicyclic) bond motifs is 1. The number of aromatic nitrogens is 1. The molecule has 0 spiro atoms. The van der Waals surface area contributed by atoms with Gasteiger partial charge in [-0.1, -0.05) is 50.8 Å². The highest BCUT2D eigenvalue weighted by atomic mass is 16.3. The first-order chi connectivity index (χ1) is 8.81. The molecule has 2 heteroatoms. The number of rotatable bonds is 6. The smallest absolute Gasteiger partial charge is 0.211 e. The molecule has 0 unspecified atom stereocenters. The van der Waals surface area contributed by atoms with Crippen LogP contribution in [-0.4, -0.2) is 10.1 Å². The first-order valence-electron chi connectivity index (χ1n) is 6.89. The molecule has 0 aliphatic heterocycles. The van der Waals surface area contributed by atoms with E-state index in [4.69, 9.17) is 0 Å². The lowest BCUT2D eigenvalue weighted by Crippen LogP contribution is -1.90. The Morgan fingerprint density at radius 1 is 1.06 bits per heavy atom. The topological polar surface area (TPSA) is 33.1 Å². The first-order valence-corrected chi connectivity index (χ1v) is 6.89. The second-order valence-corrected chi connectivity index (χ2v) is 4.82. The van der Waals surface area contributed by atoms with Gasteiger partial charge in [-0.05, 0) is 24.5 Å². The van der Waals surface area contributed by atoms with Crippen molar-refractivity contribution in [2.75, 3.05) is 0 Å². The number of hydrogen-bond acceptors (Lipinski definition) is 2. The van der Waals surface area contributed by atoms with E-state index in [0.717, 1.165) is 11.9 Å². The summed E-state index contributed by atoms with van der Waals surface area (Å²) >= 11 is 0. The van der Waals surface area contributed by atoms with Gasteiger partial charge in [0.15, 0.2) is 0 Å². The van der Waals surface area contributed by atoms with Crippen LogP contribution < -0.4 is 0 Å². The van der Waals surface area contributed by atoms with Crippen molar-refractivity contribution in [3.63, 3.8) is 0 Å². The van der Waals surface area contributed by atoms with Crippen LogP contribution in [0.25, 0.3) is 10.9 Å². The van der Waals surface area contributed by atoms with Gasteiger partial charge in [0.2, 0.25) is 5.88 Å². The lowest BCUT2D eigenvalue weighted by Gasteiger charge is -2.07.